The molecular weight excluding hydrogens is 256 g/mol. The van der Waals surface area contributed by atoms with Gasteiger partial charge in [0.2, 0.25) is 0 Å². The summed E-state index contributed by atoms with van der Waals surface area (Å²) < 4.78 is 0. The standard InChI is InChI=1S/C20H28O/c1-16(8-6-9-17(2)13-15-21)11-12-19-18(3)10-7-14-20(19,4)5/h6-13,15,18-19H,14H2,1-5H3/b9-6+,12-11+,16-8+,17-13+. The molecule has 0 saturated heterocycles. The van der Waals surface area contributed by atoms with Gasteiger partial charge in [-0.15, -0.1) is 0 Å². The number of carbonyl (C=O) groups is 1. The minimum atomic E-state index is 0.323. The number of carbonyl (C=O) groups excluding carboxylic acids is 1. The molecule has 0 aromatic rings. The highest BCUT2D eigenvalue weighted by atomic mass is 16.1. The fourth-order valence-electron chi connectivity index (χ4n) is 2.82. The molecular formula is C20H28O. The third-order valence-corrected chi connectivity index (χ3v) is 4.17. The lowest BCUT2D eigenvalue weighted by Crippen LogP contribution is -2.29. The van der Waals surface area contributed by atoms with E-state index in [2.05, 4.69) is 58.1 Å². The van der Waals surface area contributed by atoms with Gasteiger partial charge in [-0.25, -0.2) is 0 Å². The zero-order chi connectivity index (χ0) is 15.9. The van der Waals surface area contributed by atoms with Gasteiger partial charge in [0.1, 0.15) is 6.29 Å². The molecule has 1 aliphatic carbocycles. The zero-order valence-electron chi connectivity index (χ0n) is 14.0. The summed E-state index contributed by atoms with van der Waals surface area (Å²) in [6.45, 7) is 11.0. The summed E-state index contributed by atoms with van der Waals surface area (Å²) in [5.41, 5.74) is 2.51. The largest absolute Gasteiger partial charge is 0.299 e. The van der Waals surface area contributed by atoms with Crippen molar-refractivity contribution in [2.75, 3.05) is 0 Å². The van der Waals surface area contributed by atoms with Crippen molar-refractivity contribution in [1.82, 2.24) is 0 Å². The molecule has 0 heterocycles. The van der Waals surface area contributed by atoms with Crippen molar-refractivity contribution >= 4 is 6.29 Å². The van der Waals surface area contributed by atoms with Gasteiger partial charge in [-0.1, -0.05) is 68.9 Å². The molecule has 1 heteroatoms. The predicted molar refractivity (Wildman–Crippen MR) is 92.1 cm³/mol. The SMILES string of the molecule is CC(/C=C/C=C(C)/C=C/C1C(C)C=CCC1(C)C)=C\C=O. The van der Waals surface area contributed by atoms with Crippen molar-refractivity contribution in [2.24, 2.45) is 17.3 Å². The molecule has 21 heavy (non-hydrogen) atoms. The minimum Gasteiger partial charge on any atom is -0.299 e. The van der Waals surface area contributed by atoms with E-state index in [1.54, 1.807) is 6.08 Å². The average Bonchev–Trinajstić information content (AvgIpc) is 2.37. The van der Waals surface area contributed by atoms with Crippen LogP contribution in [0.5, 0.6) is 0 Å². The molecule has 0 aromatic heterocycles. The van der Waals surface area contributed by atoms with Gasteiger partial charge < -0.3 is 0 Å². The zero-order valence-corrected chi connectivity index (χ0v) is 14.0. The van der Waals surface area contributed by atoms with Crippen molar-refractivity contribution in [3.05, 3.63) is 59.8 Å². The first kappa shape index (κ1) is 17.4. The molecule has 0 spiro atoms. The molecule has 0 amide bonds. The van der Waals surface area contributed by atoms with Gasteiger partial charge in [-0.3, -0.25) is 4.79 Å². The van der Waals surface area contributed by atoms with Crippen LogP contribution in [0, 0.1) is 17.3 Å². The van der Waals surface area contributed by atoms with Crippen LogP contribution in [0.2, 0.25) is 0 Å². The van der Waals surface area contributed by atoms with Crippen LogP contribution in [0.25, 0.3) is 0 Å². The highest BCUT2D eigenvalue weighted by Gasteiger charge is 2.32. The van der Waals surface area contributed by atoms with Gasteiger partial charge in [-0.2, -0.15) is 0 Å². The van der Waals surface area contributed by atoms with Gasteiger partial charge in [0.05, 0.1) is 0 Å². The Hall–Kier alpha value is -1.63. The van der Waals surface area contributed by atoms with Crippen LogP contribution in [0.1, 0.15) is 41.0 Å². The van der Waals surface area contributed by atoms with Crippen LogP contribution in [0.3, 0.4) is 0 Å². The van der Waals surface area contributed by atoms with E-state index in [9.17, 15) is 4.79 Å². The molecule has 2 unspecified atom stereocenters. The molecule has 0 saturated carbocycles. The fraction of sp³-hybridized carbons (Fsp3) is 0.450. The van der Waals surface area contributed by atoms with Crippen molar-refractivity contribution < 1.29 is 4.79 Å². The first-order valence-corrected chi connectivity index (χ1v) is 7.68. The van der Waals surface area contributed by atoms with E-state index in [4.69, 9.17) is 0 Å². The second-order valence-electron chi connectivity index (χ2n) is 6.68. The van der Waals surface area contributed by atoms with E-state index < -0.39 is 0 Å². The van der Waals surface area contributed by atoms with Gasteiger partial charge in [0, 0.05) is 0 Å². The Labute approximate surface area is 129 Å². The number of allylic oxidation sites excluding steroid dienone is 10. The maximum Gasteiger partial charge on any atom is 0.143 e. The van der Waals surface area contributed by atoms with Crippen LogP contribution in [0.15, 0.2) is 59.8 Å². The average molecular weight is 284 g/mol. The summed E-state index contributed by atoms with van der Waals surface area (Å²) in [5.74, 6) is 1.16. The van der Waals surface area contributed by atoms with Crippen molar-refractivity contribution in [3.8, 4) is 0 Å². The first-order chi connectivity index (χ1) is 9.86. The Morgan fingerprint density at radius 3 is 2.43 bits per heavy atom. The van der Waals surface area contributed by atoms with Crippen molar-refractivity contribution in [2.45, 2.75) is 41.0 Å². The van der Waals surface area contributed by atoms with Crippen LogP contribution in [0.4, 0.5) is 0 Å². The monoisotopic (exact) mass is 284 g/mol. The summed E-state index contributed by atoms with van der Waals surface area (Å²) in [6.07, 6.45) is 18.7. The van der Waals surface area contributed by atoms with Crippen molar-refractivity contribution in [3.63, 3.8) is 0 Å². The molecule has 0 bridgehead atoms. The van der Waals surface area contributed by atoms with Crippen molar-refractivity contribution in [1.29, 1.82) is 0 Å². The molecule has 114 valence electrons. The van der Waals surface area contributed by atoms with E-state index in [1.807, 2.05) is 19.1 Å². The highest BCUT2D eigenvalue weighted by Crippen LogP contribution is 2.41. The lowest BCUT2D eigenvalue weighted by molar-refractivity contribution is -0.104. The molecule has 1 aliphatic rings. The van der Waals surface area contributed by atoms with Crippen LogP contribution >= 0.6 is 0 Å². The Balaban J connectivity index is 2.73. The second-order valence-corrected chi connectivity index (χ2v) is 6.68. The predicted octanol–water partition coefficient (Wildman–Crippen LogP) is 5.43. The van der Waals surface area contributed by atoms with E-state index in [-0.39, 0.29) is 0 Å². The van der Waals surface area contributed by atoms with Gasteiger partial charge in [0.25, 0.3) is 0 Å². The summed E-state index contributed by atoms with van der Waals surface area (Å²) in [6, 6.07) is 0. The molecule has 0 N–H and O–H groups in total. The van der Waals surface area contributed by atoms with E-state index >= 15 is 0 Å². The molecule has 0 aliphatic heterocycles. The Kier molecular flexibility index (Phi) is 6.61. The van der Waals surface area contributed by atoms with Crippen LogP contribution < -0.4 is 0 Å². The highest BCUT2D eigenvalue weighted by molar-refractivity contribution is 5.66. The fourth-order valence-corrected chi connectivity index (χ4v) is 2.82. The van der Waals surface area contributed by atoms with Gasteiger partial charge in [-0.05, 0) is 49.2 Å². The van der Waals surface area contributed by atoms with Crippen LogP contribution in [-0.2, 0) is 4.79 Å². The molecule has 0 radical (unpaired) electrons. The minimum absolute atomic E-state index is 0.323. The van der Waals surface area contributed by atoms with Crippen LogP contribution in [-0.4, -0.2) is 6.29 Å². The molecule has 0 aromatic carbocycles. The number of hydrogen-bond donors (Lipinski definition) is 0. The summed E-state index contributed by atoms with van der Waals surface area (Å²) in [4.78, 5) is 10.3. The maximum atomic E-state index is 10.3. The molecule has 0 fully saturated rings. The normalized spacial score (nSPS) is 26.7. The summed E-state index contributed by atoms with van der Waals surface area (Å²) in [7, 11) is 0. The smallest absolute Gasteiger partial charge is 0.143 e. The quantitative estimate of drug-likeness (QED) is 0.285. The number of aldehydes is 1. The van der Waals surface area contributed by atoms with E-state index in [0.29, 0.717) is 17.3 Å². The van der Waals surface area contributed by atoms with E-state index in [0.717, 1.165) is 18.3 Å². The molecule has 1 rings (SSSR count). The summed E-state index contributed by atoms with van der Waals surface area (Å²) in [5, 5.41) is 0. The van der Waals surface area contributed by atoms with Gasteiger partial charge in [0.15, 0.2) is 0 Å². The molecule has 1 nitrogen and oxygen atoms in total. The lowest BCUT2D eigenvalue weighted by Gasteiger charge is -2.38. The number of hydrogen-bond acceptors (Lipinski definition) is 1. The third-order valence-electron chi connectivity index (χ3n) is 4.17. The number of rotatable bonds is 5. The second kappa shape index (κ2) is 7.97. The Morgan fingerprint density at radius 1 is 1.14 bits per heavy atom. The Bertz CT molecular complexity index is 498. The van der Waals surface area contributed by atoms with Gasteiger partial charge >= 0.3 is 0 Å². The Morgan fingerprint density at radius 2 is 1.81 bits per heavy atom. The first-order valence-electron chi connectivity index (χ1n) is 7.68. The summed E-state index contributed by atoms with van der Waals surface area (Å²) >= 11 is 0. The third kappa shape index (κ3) is 5.71. The lowest BCUT2D eigenvalue weighted by atomic mass is 9.67. The topological polar surface area (TPSA) is 17.1 Å². The maximum absolute atomic E-state index is 10.3. The van der Waals surface area contributed by atoms with E-state index in [1.165, 1.54) is 5.57 Å². The molecule has 2 atom stereocenters.